The quantitative estimate of drug-likeness (QED) is 0.504. The maximum Gasteiger partial charge on any atom is 0.186 e. The van der Waals surface area contributed by atoms with Crippen molar-refractivity contribution >= 4 is 11.6 Å². The first-order valence-electron chi connectivity index (χ1n) is 9.59. The summed E-state index contributed by atoms with van der Waals surface area (Å²) >= 11 is 0. The minimum Gasteiger partial charge on any atom is -0.289 e. The van der Waals surface area contributed by atoms with Gasteiger partial charge in [-0.1, -0.05) is 52.4 Å². The van der Waals surface area contributed by atoms with E-state index in [-0.39, 0.29) is 11.6 Å². The van der Waals surface area contributed by atoms with Gasteiger partial charge in [0.2, 0.25) is 0 Å². The van der Waals surface area contributed by atoms with Crippen LogP contribution >= 0.6 is 0 Å². The average Bonchev–Trinajstić information content (AvgIpc) is 2.59. The van der Waals surface area contributed by atoms with E-state index in [2.05, 4.69) is 13.8 Å². The van der Waals surface area contributed by atoms with E-state index < -0.39 is 0 Å². The van der Waals surface area contributed by atoms with Gasteiger partial charge in [-0.2, -0.15) is 0 Å². The lowest BCUT2D eigenvalue weighted by atomic mass is 9.87. The zero-order chi connectivity index (χ0) is 17.4. The fourth-order valence-corrected chi connectivity index (χ4v) is 3.38. The Hall–Kier alpha value is -1.70. The molecule has 0 atom stereocenters. The Bertz CT molecular complexity index is 558. The van der Waals surface area contributed by atoms with Gasteiger partial charge in [0.15, 0.2) is 11.6 Å². The molecule has 24 heavy (non-hydrogen) atoms. The topological polar surface area (TPSA) is 34.1 Å². The van der Waals surface area contributed by atoms with Crippen LogP contribution in [0.15, 0.2) is 24.3 Å². The fraction of sp³-hybridized carbons (Fsp3) is 0.545. The van der Waals surface area contributed by atoms with Crippen LogP contribution in [0.25, 0.3) is 0 Å². The molecule has 1 aliphatic rings. The highest BCUT2D eigenvalue weighted by Crippen LogP contribution is 2.25. The predicted molar refractivity (Wildman–Crippen MR) is 99.9 cm³/mol. The Kier molecular flexibility index (Phi) is 7.42. The Morgan fingerprint density at radius 1 is 0.625 bits per heavy atom. The van der Waals surface area contributed by atoms with Crippen molar-refractivity contribution in [2.24, 2.45) is 0 Å². The maximum atomic E-state index is 12.1. The molecule has 0 saturated carbocycles. The Labute approximate surface area is 146 Å². The van der Waals surface area contributed by atoms with Gasteiger partial charge in [0, 0.05) is 11.1 Å². The van der Waals surface area contributed by atoms with Crippen LogP contribution in [-0.4, -0.2) is 11.6 Å². The number of benzene rings is 1. The summed E-state index contributed by atoms with van der Waals surface area (Å²) in [6.45, 7) is 4.43. The number of ketones is 2. The Balaban J connectivity index is 2.19. The summed E-state index contributed by atoms with van der Waals surface area (Å²) < 4.78 is 0. The molecular weight excluding hydrogens is 296 g/mol. The van der Waals surface area contributed by atoms with Crippen LogP contribution in [0.5, 0.6) is 0 Å². The number of unbranched alkanes of at least 4 members (excludes halogenated alkanes) is 6. The SMILES string of the molecule is CCCCCCc1cc2c(cc1CCCCCC)C(=O)C=CC2=O. The lowest BCUT2D eigenvalue weighted by Gasteiger charge is -2.16. The second-order valence-corrected chi connectivity index (χ2v) is 6.85. The third-order valence-electron chi connectivity index (χ3n) is 4.86. The summed E-state index contributed by atoms with van der Waals surface area (Å²) in [5.41, 5.74) is 3.76. The summed E-state index contributed by atoms with van der Waals surface area (Å²) in [6, 6.07) is 4.00. The van der Waals surface area contributed by atoms with Gasteiger partial charge in [0.05, 0.1) is 0 Å². The van der Waals surface area contributed by atoms with Crippen molar-refractivity contribution in [1.82, 2.24) is 0 Å². The number of hydrogen-bond donors (Lipinski definition) is 0. The highest BCUT2D eigenvalue weighted by Gasteiger charge is 2.21. The van der Waals surface area contributed by atoms with Crippen molar-refractivity contribution in [2.75, 3.05) is 0 Å². The summed E-state index contributed by atoms with van der Waals surface area (Å²) in [5.74, 6) is -0.0612. The minimum absolute atomic E-state index is 0.0306. The van der Waals surface area contributed by atoms with Crippen LogP contribution in [0.4, 0.5) is 0 Å². The van der Waals surface area contributed by atoms with E-state index in [1.165, 1.54) is 61.8 Å². The second kappa shape index (κ2) is 9.56. The first-order chi connectivity index (χ1) is 11.7. The van der Waals surface area contributed by atoms with Gasteiger partial charge in [-0.25, -0.2) is 0 Å². The van der Waals surface area contributed by atoms with Crippen molar-refractivity contribution in [3.05, 3.63) is 46.5 Å². The number of allylic oxidation sites excluding steroid dienone is 2. The molecule has 0 heterocycles. The molecule has 0 aromatic heterocycles. The van der Waals surface area contributed by atoms with Gasteiger partial charge < -0.3 is 0 Å². The molecule has 0 saturated heterocycles. The van der Waals surface area contributed by atoms with E-state index in [1.54, 1.807) is 0 Å². The molecule has 0 amide bonds. The summed E-state index contributed by atoms with van der Waals surface area (Å²) in [5, 5.41) is 0. The van der Waals surface area contributed by atoms with E-state index in [0.29, 0.717) is 11.1 Å². The molecule has 0 spiro atoms. The third kappa shape index (κ3) is 4.90. The molecular formula is C22H30O2. The molecule has 1 aromatic carbocycles. The lowest BCUT2D eigenvalue weighted by molar-refractivity contribution is 0.0994. The molecule has 0 aliphatic heterocycles. The van der Waals surface area contributed by atoms with Gasteiger partial charge in [-0.05, 0) is 61.1 Å². The normalized spacial score (nSPS) is 13.4. The fourth-order valence-electron chi connectivity index (χ4n) is 3.38. The summed E-state index contributed by atoms with van der Waals surface area (Å²) in [4.78, 5) is 24.3. The van der Waals surface area contributed by atoms with E-state index >= 15 is 0 Å². The molecule has 1 aliphatic carbocycles. The highest BCUT2D eigenvalue weighted by molar-refractivity contribution is 6.22. The smallest absolute Gasteiger partial charge is 0.186 e. The van der Waals surface area contributed by atoms with Gasteiger partial charge >= 0.3 is 0 Å². The molecule has 2 rings (SSSR count). The number of carbonyl (C=O) groups is 2. The largest absolute Gasteiger partial charge is 0.289 e. The predicted octanol–water partition coefficient (Wildman–Crippen LogP) is 5.87. The van der Waals surface area contributed by atoms with Crippen LogP contribution in [0.2, 0.25) is 0 Å². The molecule has 0 bridgehead atoms. The van der Waals surface area contributed by atoms with E-state index in [0.717, 1.165) is 25.7 Å². The van der Waals surface area contributed by atoms with E-state index in [9.17, 15) is 9.59 Å². The second-order valence-electron chi connectivity index (χ2n) is 6.85. The minimum atomic E-state index is -0.0306. The van der Waals surface area contributed by atoms with Crippen LogP contribution in [0.1, 0.15) is 97.1 Å². The van der Waals surface area contributed by atoms with Crippen LogP contribution in [0.3, 0.4) is 0 Å². The molecule has 130 valence electrons. The standard InChI is InChI=1S/C22H30O2/c1-3-5-7-9-11-17-15-19-20(22(24)14-13-21(19)23)16-18(17)12-10-8-6-4-2/h13-16H,3-12H2,1-2H3. The van der Waals surface area contributed by atoms with Crippen LogP contribution < -0.4 is 0 Å². The Morgan fingerprint density at radius 3 is 1.42 bits per heavy atom. The van der Waals surface area contributed by atoms with Crippen molar-refractivity contribution in [2.45, 2.75) is 78.1 Å². The van der Waals surface area contributed by atoms with Crippen molar-refractivity contribution < 1.29 is 9.59 Å². The number of hydrogen-bond acceptors (Lipinski definition) is 2. The number of rotatable bonds is 10. The molecule has 0 N–H and O–H groups in total. The summed E-state index contributed by atoms with van der Waals surface area (Å²) in [6.07, 6.45) is 14.6. The average molecular weight is 326 g/mol. The van der Waals surface area contributed by atoms with Gasteiger partial charge in [-0.15, -0.1) is 0 Å². The van der Waals surface area contributed by atoms with Crippen molar-refractivity contribution in [3.63, 3.8) is 0 Å². The zero-order valence-corrected chi connectivity index (χ0v) is 15.2. The first kappa shape index (κ1) is 18.6. The van der Waals surface area contributed by atoms with Crippen LogP contribution in [0, 0.1) is 0 Å². The maximum absolute atomic E-state index is 12.1. The number of fused-ring (bicyclic) bond motifs is 1. The van der Waals surface area contributed by atoms with E-state index in [4.69, 9.17) is 0 Å². The lowest BCUT2D eigenvalue weighted by Crippen LogP contribution is -2.14. The van der Waals surface area contributed by atoms with Gasteiger partial charge in [0.1, 0.15) is 0 Å². The first-order valence-corrected chi connectivity index (χ1v) is 9.59. The Morgan fingerprint density at radius 2 is 1.04 bits per heavy atom. The van der Waals surface area contributed by atoms with Gasteiger partial charge in [0.25, 0.3) is 0 Å². The molecule has 2 nitrogen and oxygen atoms in total. The zero-order valence-electron chi connectivity index (χ0n) is 15.2. The van der Waals surface area contributed by atoms with Crippen LogP contribution in [-0.2, 0) is 12.8 Å². The number of carbonyl (C=O) groups excluding carboxylic acids is 2. The highest BCUT2D eigenvalue weighted by atomic mass is 16.1. The van der Waals surface area contributed by atoms with Crippen molar-refractivity contribution in [3.8, 4) is 0 Å². The summed E-state index contributed by atoms with van der Waals surface area (Å²) in [7, 11) is 0. The molecule has 0 unspecified atom stereocenters. The molecule has 0 radical (unpaired) electrons. The number of aryl methyl sites for hydroxylation is 2. The molecule has 2 heteroatoms. The monoisotopic (exact) mass is 326 g/mol. The van der Waals surface area contributed by atoms with Crippen molar-refractivity contribution in [1.29, 1.82) is 0 Å². The van der Waals surface area contributed by atoms with E-state index in [1.807, 2.05) is 12.1 Å². The third-order valence-corrected chi connectivity index (χ3v) is 4.86. The molecule has 1 aromatic rings. The molecule has 0 fully saturated rings. The van der Waals surface area contributed by atoms with Gasteiger partial charge in [-0.3, -0.25) is 9.59 Å².